The molecule has 1 unspecified atom stereocenters. The number of carbonyl (C=O) groups excluding carboxylic acids is 2. The van der Waals surface area contributed by atoms with Crippen LogP contribution >= 0.6 is 0 Å². The Morgan fingerprint density at radius 2 is 1.57 bits per heavy atom. The molecule has 3 atom stereocenters. The predicted octanol–water partition coefficient (Wildman–Crippen LogP) is 4.87. The molecule has 0 saturated heterocycles. The van der Waals surface area contributed by atoms with Crippen LogP contribution in [0.3, 0.4) is 0 Å². The van der Waals surface area contributed by atoms with E-state index in [1.165, 1.54) is 0 Å². The average Bonchev–Trinajstić information content (AvgIpc) is 3.16. The zero-order valence-electron chi connectivity index (χ0n) is 20.7. The van der Waals surface area contributed by atoms with Gasteiger partial charge in [-0.25, -0.2) is 9.59 Å². The Bertz CT molecular complexity index is 1060. The minimum Gasteiger partial charge on any atom is -0.480 e. The lowest BCUT2D eigenvalue weighted by atomic mass is 9.98. The van der Waals surface area contributed by atoms with Crippen LogP contribution in [0.1, 0.15) is 57.6 Å². The Labute approximate surface area is 206 Å². The molecule has 35 heavy (non-hydrogen) atoms. The summed E-state index contributed by atoms with van der Waals surface area (Å²) in [5, 5.41) is 14.7. The number of hydrogen-bond acceptors (Lipinski definition) is 4. The summed E-state index contributed by atoms with van der Waals surface area (Å²) in [5.41, 5.74) is 5.43. The van der Waals surface area contributed by atoms with Crippen LogP contribution in [0.15, 0.2) is 60.2 Å². The third kappa shape index (κ3) is 6.29. The van der Waals surface area contributed by atoms with Crippen molar-refractivity contribution in [3.8, 4) is 11.1 Å². The molecule has 0 bridgehead atoms. The van der Waals surface area contributed by atoms with Crippen LogP contribution in [0.25, 0.3) is 11.1 Å². The highest BCUT2D eigenvalue weighted by Crippen LogP contribution is 2.44. The van der Waals surface area contributed by atoms with Crippen molar-refractivity contribution in [2.24, 2.45) is 5.92 Å². The number of carboxylic acid groups (broad SMARTS) is 1. The van der Waals surface area contributed by atoms with Crippen LogP contribution in [0, 0.1) is 5.92 Å². The van der Waals surface area contributed by atoms with E-state index >= 15 is 0 Å². The molecule has 186 valence electrons. The first kappa shape index (κ1) is 26.0. The topological polar surface area (TPSA) is 105 Å². The van der Waals surface area contributed by atoms with Gasteiger partial charge in [0.25, 0.3) is 0 Å². The molecule has 0 aromatic heterocycles. The van der Waals surface area contributed by atoms with Crippen molar-refractivity contribution in [3.63, 3.8) is 0 Å². The van der Waals surface area contributed by atoms with E-state index in [9.17, 15) is 19.5 Å². The highest BCUT2D eigenvalue weighted by molar-refractivity contribution is 5.89. The average molecular weight is 479 g/mol. The van der Waals surface area contributed by atoms with E-state index < -0.39 is 30.1 Å². The standard InChI is InChI=1S/C28H34N2O5/c1-5-18(4)25(27(32)33)30-26(31)24(15-14-17(2)3)29-28(34)35-16-23-21-12-8-6-10-19(21)20-11-7-9-13-22(20)23/h6-14,18,23-25H,5,15-16H2,1-4H3,(H,29,34)(H,30,31)(H,32,33)/t18-,24?,25-/m0/s1. The second kappa shape index (κ2) is 11.7. The maximum atomic E-state index is 12.9. The van der Waals surface area contributed by atoms with Crippen molar-refractivity contribution in [3.05, 3.63) is 71.3 Å². The summed E-state index contributed by atoms with van der Waals surface area (Å²) >= 11 is 0. The van der Waals surface area contributed by atoms with Crippen LogP contribution in [0.4, 0.5) is 4.79 Å². The van der Waals surface area contributed by atoms with Gasteiger partial charge in [0.15, 0.2) is 0 Å². The molecule has 1 aliphatic carbocycles. The van der Waals surface area contributed by atoms with E-state index in [0.29, 0.717) is 6.42 Å². The molecule has 7 nitrogen and oxygen atoms in total. The summed E-state index contributed by atoms with van der Waals surface area (Å²) in [7, 11) is 0. The molecule has 0 fully saturated rings. The lowest BCUT2D eigenvalue weighted by Crippen LogP contribution is -2.53. The molecule has 2 aromatic carbocycles. The first-order valence-corrected chi connectivity index (χ1v) is 12.0. The van der Waals surface area contributed by atoms with E-state index in [1.54, 1.807) is 6.92 Å². The van der Waals surface area contributed by atoms with Gasteiger partial charge in [-0.2, -0.15) is 0 Å². The minimum absolute atomic E-state index is 0.0972. The first-order valence-electron chi connectivity index (χ1n) is 12.0. The fraction of sp³-hybridized carbons (Fsp3) is 0.393. The number of rotatable bonds is 10. The van der Waals surface area contributed by atoms with Crippen molar-refractivity contribution in [2.75, 3.05) is 6.61 Å². The summed E-state index contributed by atoms with van der Waals surface area (Å²) in [6, 6.07) is 14.1. The maximum absolute atomic E-state index is 12.9. The molecule has 0 saturated carbocycles. The number of allylic oxidation sites excluding steroid dienone is 1. The van der Waals surface area contributed by atoms with Crippen molar-refractivity contribution in [2.45, 2.75) is 58.5 Å². The first-order chi connectivity index (χ1) is 16.7. The SMILES string of the molecule is CC[C@H](C)[C@H](NC(=O)C(CC=C(C)C)NC(=O)OCC1c2ccccc2-c2ccccc21)C(=O)O. The number of carboxylic acids is 1. The third-order valence-electron chi connectivity index (χ3n) is 6.49. The number of ether oxygens (including phenoxy) is 1. The quantitative estimate of drug-likeness (QED) is 0.423. The van der Waals surface area contributed by atoms with Gasteiger partial charge in [-0.3, -0.25) is 4.79 Å². The van der Waals surface area contributed by atoms with Gasteiger partial charge in [0.05, 0.1) is 0 Å². The molecule has 0 spiro atoms. The van der Waals surface area contributed by atoms with Crippen LogP contribution in [0.2, 0.25) is 0 Å². The largest absolute Gasteiger partial charge is 0.480 e. The second-order valence-electron chi connectivity index (χ2n) is 9.25. The van der Waals surface area contributed by atoms with Crippen LogP contribution in [-0.4, -0.2) is 41.8 Å². The van der Waals surface area contributed by atoms with Crippen molar-refractivity contribution in [1.82, 2.24) is 10.6 Å². The Morgan fingerprint density at radius 1 is 1.00 bits per heavy atom. The van der Waals surface area contributed by atoms with E-state index in [2.05, 4.69) is 22.8 Å². The molecular weight excluding hydrogens is 444 g/mol. The summed E-state index contributed by atoms with van der Waals surface area (Å²) in [6.45, 7) is 7.54. The molecule has 0 radical (unpaired) electrons. The second-order valence-corrected chi connectivity index (χ2v) is 9.25. The van der Waals surface area contributed by atoms with Crippen molar-refractivity contribution in [1.29, 1.82) is 0 Å². The van der Waals surface area contributed by atoms with Gasteiger partial charge >= 0.3 is 12.1 Å². The normalized spacial score (nSPS) is 14.6. The summed E-state index contributed by atoms with van der Waals surface area (Å²) < 4.78 is 5.58. The third-order valence-corrected chi connectivity index (χ3v) is 6.49. The molecule has 0 heterocycles. The number of aliphatic carboxylic acids is 1. The number of nitrogens with one attached hydrogen (secondary N) is 2. The summed E-state index contributed by atoms with van der Waals surface area (Å²) in [5.74, 6) is -2.01. The van der Waals surface area contributed by atoms with Crippen LogP contribution in [-0.2, 0) is 14.3 Å². The molecule has 2 aromatic rings. The number of carbonyl (C=O) groups is 3. The fourth-order valence-electron chi connectivity index (χ4n) is 4.30. The van der Waals surface area contributed by atoms with Gasteiger partial charge < -0.3 is 20.5 Å². The smallest absolute Gasteiger partial charge is 0.407 e. The highest BCUT2D eigenvalue weighted by Gasteiger charge is 2.31. The van der Waals surface area contributed by atoms with E-state index in [0.717, 1.165) is 27.8 Å². The number of alkyl carbamates (subject to hydrolysis) is 1. The van der Waals surface area contributed by atoms with Gasteiger partial charge in [-0.05, 0) is 48.4 Å². The lowest BCUT2D eigenvalue weighted by molar-refractivity contribution is -0.143. The van der Waals surface area contributed by atoms with E-state index in [-0.39, 0.29) is 24.9 Å². The molecule has 2 amide bonds. The molecule has 3 rings (SSSR count). The predicted molar refractivity (Wildman–Crippen MR) is 135 cm³/mol. The monoisotopic (exact) mass is 478 g/mol. The van der Waals surface area contributed by atoms with Crippen molar-refractivity contribution >= 4 is 18.0 Å². The molecule has 3 N–H and O–H groups in total. The zero-order valence-corrected chi connectivity index (χ0v) is 20.7. The van der Waals surface area contributed by atoms with Crippen LogP contribution < -0.4 is 10.6 Å². The van der Waals surface area contributed by atoms with Gasteiger partial charge in [0, 0.05) is 5.92 Å². The zero-order chi connectivity index (χ0) is 25.5. The van der Waals surface area contributed by atoms with Gasteiger partial charge in [0.2, 0.25) is 5.91 Å². The van der Waals surface area contributed by atoms with Gasteiger partial charge in [-0.1, -0.05) is 80.4 Å². The molecule has 0 aliphatic heterocycles. The molecular formula is C28H34N2O5. The lowest BCUT2D eigenvalue weighted by Gasteiger charge is -2.24. The Hall–Kier alpha value is -3.61. The number of fused-ring (bicyclic) bond motifs is 3. The number of benzene rings is 2. The highest BCUT2D eigenvalue weighted by atomic mass is 16.5. The fourth-order valence-corrected chi connectivity index (χ4v) is 4.30. The molecule has 1 aliphatic rings. The molecule has 7 heteroatoms. The van der Waals surface area contributed by atoms with Crippen LogP contribution in [0.5, 0.6) is 0 Å². The van der Waals surface area contributed by atoms with Gasteiger partial charge in [0.1, 0.15) is 18.7 Å². The maximum Gasteiger partial charge on any atom is 0.407 e. The minimum atomic E-state index is -1.10. The van der Waals surface area contributed by atoms with Crippen molar-refractivity contribution < 1.29 is 24.2 Å². The van der Waals surface area contributed by atoms with E-state index in [1.807, 2.05) is 63.2 Å². The number of hydrogen-bond donors (Lipinski definition) is 3. The Balaban J connectivity index is 1.70. The number of amides is 2. The van der Waals surface area contributed by atoms with Gasteiger partial charge in [-0.15, -0.1) is 0 Å². The summed E-state index contributed by atoms with van der Waals surface area (Å²) in [6.07, 6.45) is 1.93. The summed E-state index contributed by atoms with van der Waals surface area (Å²) in [4.78, 5) is 37.3. The Kier molecular flexibility index (Phi) is 8.68. The Morgan fingerprint density at radius 3 is 2.09 bits per heavy atom. The van der Waals surface area contributed by atoms with E-state index in [4.69, 9.17) is 4.74 Å².